The van der Waals surface area contributed by atoms with Crippen molar-refractivity contribution in [2.24, 2.45) is 5.73 Å². The molecule has 1 saturated carbocycles. The summed E-state index contributed by atoms with van der Waals surface area (Å²) < 4.78 is 1.97. The molecule has 5 nitrogen and oxygen atoms in total. The molecule has 0 saturated heterocycles. The normalized spacial score (nSPS) is 24.3. The van der Waals surface area contributed by atoms with Crippen molar-refractivity contribution in [3.63, 3.8) is 0 Å². The Hall–Kier alpha value is -2.50. The van der Waals surface area contributed by atoms with Crippen LogP contribution in [-0.2, 0) is 6.42 Å². The van der Waals surface area contributed by atoms with Crippen LogP contribution in [0.2, 0.25) is 0 Å². The molecule has 0 aliphatic heterocycles. The molecule has 0 bridgehead atoms. The van der Waals surface area contributed by atoms with Gasteiger partial charge in [0.2, 0.25) is 0 Å². The Morgan fingerprint density at radius 2 is 1.89 bits per heavy atom. The van der Waals surface area contributed by atoms with Gasteiger partial charge in [0.1, 0.15) is 5.69 Å². The third-order valence-corrected chi connectivity index (χ3v) is 6.05. The molecule has 1 aromatic carbocycles. The number of rotatable bonds is 3. The highest BCUT2D eigenvalue weighted by atomic mass is 16.3. The number of aryl methyl sites for hydroxylation is 1. The van der Waals surface area contributed by atoms with Gasteiger partial charge in [0.05, 0.1) is 12.1 Å². The molecule has 2 aliphatic carbocycles. The third-order valence-electron chi connectivity index (χ3n) is 6.05. The van der Waals surface area contributed by atoms with Crippen LogP contribution in [-0.4, -0.2) is 26.0 Å². The van der Waals surface area contributed by atoms with E-state index in [9.17, 15) is 5.11 Å². The lowest BCUT2D eigenvalue weighted by molar-refractivity contribution is 0.130. The summed E-state index contributed by atoms with van der Waals surface area (Å²) in [6.07, 6.45) is 10.3. The van der Waals surface area contributed by atoms with Gasteiger partial charge in [-0.1, -0.05) is 18.2 Å². The number of aliphatic hydroxyl groups is 1. The van der Waals surface area contributed by atoms with Crippen LogP contribution in [0.5, 0.6) is 0 Å². The highest BCUT2D eigenvalue weighted by Gasteiger charge is 2.29. The molecule has 1 unspecified atom stereocenters. The zero-order chi connectivity index (χ0) is 18.4. The molecule has 5 heteroatoms. The second kappa shape index (κ2) is 6.59. The van der Waals surface area contributed by atoms with E-state index >= 15 is 0 Å². The first kappa shape index (κ1) is 16.7. The van der Waals surface area contributed by atoms with Crippen LogP contribution in [0.15, 0.2) is 48.9 Å². The van der Waals surface area contributed by atoms with Gasteiger partial charge in [0, 0.05) is 35.8 Å². The summed E-state index contributed by atoms with van der Waals surface area (Å²) in [6.45, 7) is 0. The summed E-state index contributed by atoms with van der Waals surface area (Å²) in [6, 6.07) is 10.8. The maximum atomic E-state index is 10.4. The van der Waals surface area contributed by atoms with Crippen molar-refractivity contribution in [3.05, 3.63) is 60.0 Å². The molecule has 0 radical (unpaired) electrons. The van der Waals surface area contributed by atoms with E-state index in [2.05, 4.69) is 29.4 Å². The zero-order valence-corrected chi connectivity index (χ0v) is 15.3. The van der Waals surface area contributed by atoms with E-state index in [0.717, 1.165) is 54.5 Å². The Balaban J connectivity index is 1.63. The van der Waals surface area contributed by atoms with Crippen molar-refractivity contribution in [3.8, 4) is 22.4 Å². The fourth-order valence-corrected chi connectivity index (χ4v) is 4.54. The second-order valence-electron chi connectivity index (χ2n) is 7.73. The van der Waals surface area contributed by atoms with Gasteiger partial charge in [0.25, 0.3) is 0 Å². The highest BCUT2D eigenvalue weighted by molar-refractivity contribution is 5.80. The Kier molecular flexibility index (Phi) is 4.06. The summed E-state index contributed by atoms with van der Waals surface area (Å²) >= 11 is 0. The van der Waals surface area contributed by atoms with Crippen LogP contribution >= 0.6 is 0 Å². The Morgan fingerprint density at radius 1 is 1.04 bits per heavy atom. The van der Waals surface area contributed by atoms with E-state index in [0.29, 0.717) is 0 Å². The Bertz CT molecular complexity index is 966. The first-order valence-electron chi connectivity index (χ1n) is 9.77. The number of fused-ring (bicyclic) bond motifs is 1. The lowest BCUT2D eigenvalue weighted by Gasteiger charge is -2.14. The van der Waals surface area contributed by atoms with Gasteiger partial charge in [-0.3, -0.25) is 9.67 Å². The molecule has 2 aliphatic rings. The molecule has 2 heterocycles. The number of nitrogens with zero attached hydrogens (tertiary/aromatic N) is 3. The molecule has 1 fully saturated rings. The minimum absolute atomic E-state index is 0.0576. The predicted molar refractivity (Wildman–Crippen MR) is 105 cm³/mol. The summed E-state index contributed by atoms with van der Waals surface area (Å²) in [5, 5.41) is 15.3. The van der Waals surface area contributed by atoms with Gasteiger partial charge in [-0.05, 0) is 60.9 Å². The molecule has 138 valence electrons. The van der Waals surface area contributed by atoms with E-state index in [-0.39, 0.29) is 18.2 Å². The maximum absolute atomic E-state index is 10.4. The van der Waals surface area contributed by atoms with E-state index in [1.165, 1.54) is 11.1 Å². The molecule has 0 spiro atoms. The quantitative estimate of drug-likeness (QED) is 0.747. The van der Waals surface area contributed by atoms with E-state index in [1.54, 1.807) is 12.4 Å². The number of hydrogen-bond acceptors (Lipinski definition) is 4. The molecule has 3 atom stereocenters. The first-order chi connectivity index (χ1) is 13.2. The molecular formula is C22H24N4O. The van der Waals surface area contributed by atoms with Crippen LogP contribution in [0.4, 0.5) is 0 Å². The summed E-state index contributed by atoms with van der Waals surface area (Å²) in [7, 11) is 0. The monoisotopic (exact) mass is 360 g/mol. The van der Waals surface area contributed by atoms with Crippen LogP contribution in [0.25, 0.3) is 22.4 Å². The van der Waals surface area contributed by atoms with Gasteiger partial charge in [0.15, 0.2) is 0 Å². The zero-order valence-electron chi connectivity index (χ0n) is 15.3. The molecule has 3 N–H and O–H groups in total. The van der Waals surface area contributed by atoms with Crippen LogP contribution in [0, 0.1) is 0 Å². The van der Waals surface area contributed by atoms with Crippen molar-refractivity contribution < 1.29 is 5.11 Å². The lowest BCUT2D eigenvalue weighted by Crippen LogP contribution is -2.18. The average molecular weight is 360 g/mol. The minimum atomic E-state index is -0.318. The number of pyridine rings is 1. The van der Waals surface area contributed by atoms with Crippen molar-refractivity contribution in [1.29, 1.82) is 0 Å². The highest BCUT2D eigenvalue weighted by Crippen LogP contribution is 2.38. The van der Waals surface area contributed by atoms with Crippen LogP contribution in [0.1, 0.15) is 48.9 Å². The molecule has 0 amide bonds. The Morgan fingerprint density at radius 3 is 2.67 bits per heavy atom. The summed E-state index contributed by atoms with van der Waals surface area (Å²) in [4.78, 5) is 4.14. The number of benzene rings is 1. The Labute approximate surface area is 158 Å². The van der Waals surface area contributed by atoms with Gasteiger partial charge in [-0.15, -0.1) is 0 Å². The SMILES string of the molecule is NC1CCc2cc(-c3cn([C@H]4CCC[C@@H]4O)nc3-c3ccncc3)ccc21. The molecule has 5 rings (SSSR count). The van der Waals surface area contributed by atoms with E-state index < -0.39 is 0 Å². The standard InChI is InChI=1S/C22H24N4O/c23-19-7-5-15-12-16(4-6-17(15)19)18-13-26(20-2-1-3-21(20)27)25-22(18)14-8-10-24-11-9-14/h4,6,8-13,19-21,27H,1-3,5,7,23H2/t19?,20-,21-/m0/s1. The first-order valence-corrected chi connectivity index (χ1v) is 9.77. The maximum Gasteiger partial charge on any atom is 0.100 e. The van der Waals surface area contributed by atoms with E-state index in [1.807, 2.05) is 16.8 Å². The van der Waals surface area contributed by atoms with Gasteiger partial charge >= 0.3 is 0 Å². The predicted octanol–water partition coefficient (Wildman–Crippen LogP) is 3.64. The van der Waals surface area contributed by atoms with Crippen molar-refractivity contribution in [2.75, 3.05) is 0 Å². The fraction of sp³-hybridized carbons (Fsp3) is 0.364. The van der Waals surface area contributed by atoms with Gasteiger partial charge in [-0.25, -0.2) is 0 Å². The van der Waals surface area contributed by atoms with Crippen molar-refractivity contribution >= 4 is 0 Å². The second-order valence-corrected chi connectivity index (χ2v) is 7.73. The van der Waals surface area contributed by atoms with Crippen LogP contribution < -0.4 is 5.73 Å². The topological polar surface area (TPSA) is 77.0 Å². The molecule has 3 aromatic rings. The van der Waals surface area contributed by atoms with Crippen molar-refractivity contribution in [1.82, 2.24) is 14.8 Å². The third kappa shape index (κ3) is 2.87. The molecular weight excluding hydrogens is 336 g/mol. The summed E-state index contributed by atoms with van der Waals surface area (Å²) in [5.74, 6) is 0. The average Bonchev–Trinajstić information content (AvgIpc) is 3.41. The van der Waals surface area contributed by atoms with Gasteiger partial charge < -0.3 is 10.8 Å². The van der Waals surface area contributed by atoms with Crippen molar-refractivity contribution in [2.45, 2.75) is 50.3 Å². The minimum Gasteiger partial charge on any atom is -0.391 e. The van der Waals surface area contributed by atoms with E-state index in [4.69, 9.17) is 10.8 Å². The molecule has 27 heavy (non-hydrogen) atoms. The van der Waals surface area contributed by atoms with Gasteiger partial charge in [-0.2, -0.15) is 5.10 Å². The molecule has 2 aromatic heterocycles. The summed E-state index contributed by atoms with van der Waals surface area (Å²) in [5.41, 5.74) is 13.1. The van der Waals surface area contributed by atoms with Crippen LogP contribution in [0.3, 0.4) is 0 Å². The smallest absolute Gasteiger partial charge is 0.100 e. The number of aliphatic hydroxyl groups excluding tert-OH is 1. The fourth-order valence-electron chi connectivity index (χ4n) is 4.54. The number of aromatic nitrogens is 3. The number of nitrogens with two attached hydrogens (primary N) is 1. The lowest BCUT2D eigenvalue weighted by atomic mass is 9.98. The largest absolute Gasteiger partial charge is 0.391 e. The number of hydrogen-bond donors (Lipinski definition) is 2.